The highest BCUT2D eigenvalue weighted by Gasteiger charge is 2.16. The van der Waals surface area contributed by atoms with Crippen molar-refractivity contribution >= 4 is 35.8 Å². The summed E-state index contributed by atoms with van der Waals surface area (Å²) in [6, 6.07) is 8.60. The van der Waals surface area contributed by atoms with Crippen LogP contribution in [-0.2, 0) is 4.79 Å². The lowest BCUT2D eigenvalue weighted by Gasteiger charge is -2.16. The smallest absolute Gasteiger partial charge is 0.221 e. The molecule has 7 heteroatoms. The quantitative estimate of drug-likeness (QED) is 0.275. The van der Waals surface area contributed by atoms with E-state index in [4.69, 9.17) is 4.74 Å². The van der Waals surface area contributed by atoms with E-state index in [1.807, 2.05) is 12.1 Å². The maximum Gasteiger partial charge on any atom is 0.221 e. The highest BCUT2D eigenvalue weighted by molar-refractivity contribution is 14.0. The molecule has 0 bridgehead atoms. The lowest BCUT2D eigenvalue weighted by atomic mass is 9.98. The van der Waals surface area contributed by atoms with E-state index in [1.54, 1.807) is 14.2 Å². The normalized spacial score (nSPS) is 15.5. The third kappa shape index (κ3) is 8.67. The summed E-state index contributed by atoms with van der Waals surface area (Å²) in [5.74, 6) is 2.19. The van der Waals surface area contributed by atoms with E-state index in [0.29, 0.717) is 24.9 Å². The second kappa shape index (κ2) is 13.6. The van der Waals surface area contributed by atoms with Gasteiger partial charge in [0.15, 0.2) is 5.96 Å². The fourth-order valence-electron chi connectivity index (χ4n) is 3.39. The Hall–Kier alpha value is -1.51. The van der Waals surface area contributed by atoms with E-state index in [9.17, 15) is 4.79 Å². The summed E-state index contributed by atoms with van der Waals surface area (Å²) in [5, 5.41) is 9.64. The predicted molar refractivity (Wildman–Crippen MR) is 126 cm³/mol. The number of aliphatic imine (C=N–C) groups is 1. The monoisotopic (exact) mass is 502 g/mol. The first-order valence-corrected chi connectivity index (χ1v) is 10.00. The number of carbonyl (C=O) groups is 1. The minimum Gasteiger partial charge on any atom is -0.497 e. The predicted octanol–water partition coefficient (Wildman–Crippen LogP) is 3.42. The molecule has 0 aromatic heterocycles. The van der Waals surface area contributed by atoms with E-state index < -0.39 is 0 Å². The van der Waals surface area contributed by atoms with Crippen LogP contribution in [0, 0.1) is 0 Å². The number of nitrogens with zero attached hydrogens (tertiary/aromatic N) is 1. The molecule has 0 saturated heterocycles. The van der Waals surface area contributed by atoms with Gasteiger partial charge in [-0.15, -0.1) is 24.0 Å². The molecule has 28 heavy (non-hydrogen) atoms. The van der Waals surface area contributed by atoms with Crippen LogP contribution in [0.25, 0.3) is 0 Å². The molecular weight excluding hydrogens is 467 g/mol. The number of halogens is 1. The summed E-state index contributed by atoms with van der Waals surface area (Å²) >= 11 is 0. The molecule has 1 saturated carbocycles. The van der Waals surface area contributed by atoms with Gasteiger partial charge in [0.2, 0.25) is 5.91 Å². The van der Waals surface area contributed by atoms with Crippen molar-refractivity contribution in [1.82, 2.24) is 16.0 Å². The average molecular weight is 502 g/mol. The number of benzene rings is 1. The van der Waals surface area contributed by atoms with Crippen LogP contribution < -0.4 is 20.7 Å². The molecule has 1 aromatic carbocycles. The summed E-state index contributed by atoms with van der Waals surface area (Å²) in [6.07, 6.45) is 6.17. The molecule has 0 spiro atoms. The van der Waals surface area contributed by atoms with Crippen LogP contribution in [0.3, 0.4) is 0 Å². The highest BCUT2D eigenvalue weighted by atomic mass is 127. The van der Waals surface area contributed by atoms with Gasteiger partial charge in [-0.05, 0) is 42.9 Å². The topological polar surface area (TPSA) is 74.8 Å². The Morgan fingerprint density at radius 3 is 2.43 bits per heavy atom. The third-order valence-electron chi connectivity index (χ3n) is 5.14. The van der Waals surface area contributed by atoms with Crippen LogP contribution in [0.1, 0.15) is 56.9 Å². The molecule has 0 radical (unpaired) electrons. The molecule has 1 aliphatic rings. The van der Waals surface area contributed by atoms with Crippen LogP contribution in [0.4, 0.5) is 0 Å². The second-order valence-electron chi connectivity index (χ2n) is 7.19. The first-order chi connectivity index (χ1) is 13.1. The van der Waals surface area contributed by atoms with Gasteiger partial charge < -0.3 is 20.7 Å². The number of carbonyl (C=O) groups excluding carboxylic acids is 1. The van der Waals surface area contributed by atoms with Gasteiger partial charge in [-0.1, -0.05) is 31.9 Å². The van der Waals surface area contributed by atoms with Crippen molar-refractivity contribution in [3.63, 3.8) is 0 Å². The van der Waals surface area contributed by atoms with Crippen molar-refractivity contribution in [3.05, 3.63) is 29.8 Å². The number of hydrogen-bond acceptors (Lipinski definition) is 3. The molecule has 0 aliphatic heterocycles. The lowest BCUT2D eigenvalue weighted by Crippen LogP contribution is -2.40. The van der Waals surface area contributed by atoms with Gasteiger partial charge in [0, 0.05) is 32.6 Å². The zero-order chi connectivity index (χ0) is 19.5. The van der Waals surface area contributed by atoms with E-state index >= 15 is 0 Å². The number of ether oxygens (including phenoxy) is 1. The van der Waals surface area contributed by atoms with E-state index in [-0.39, 0.29) is 29.9 Å². The molecule has 2 rings (SSSR count). The number of amides is 1. The Morgan fingerprint density at radius 2 is 1.82 bits per heavy atom. The summed E-state index contributed by atoms with van der Waals surface area (Å²) in [6.45, 7) is 3.63. The van der Waals surface area contributed by atoms with Crippen molar-refractivity contribution in [3.8, 4) is 5.75 Å². The lowest BCUT2D eigenvalue weighted by molar-refractivity contribution is -0.121. The van der Waals surface area contributed by atoms with Crippen LogP contribution in [0.5, 0.6) is 5.75 Å². The van der Waals surface area contributed by atoms with Crippen LogP contribution in [-0.4, -0.2) is 45.2 Å². The largest absolute Gasteiger partial charge is 0.497 e. The average Bonchev–Trinajstić information content (AvgIpc) is 3.19. The molecule has 1 fully saturated rings. The Bertz CT molecular complexity index is 601. The first kappa shape index (κ1) is 24.5. The van der Waals surface area contributed by atoms with Gasteiger partial charge in [-0.3, -0.25) is 9.79 Å². The van der Waals surface area contributed by atoms with Crippen LogP contribution >= 0.6 is 24.0 Å². The van der Waals surface area contributed by atoms with Crippen molar-refractivity contribution in [2.45, 2.75) is 57.4 Å². The summed E-state index contributed by atoms with van der Waals surface area (Å²) < 4.78 is 5.20. The zero-order valence-corrected chi connectivity index (χ0v) is 19.6. The highest BCUT2D eigenvalue weighted by Crippen LogP contribution is 2.21. The maximum absolute atomic E-state index is 12.0. The molecule has 158 valence electrons. The number of nitrogens with one attached hydrogen (secondary N) is 3. The molecular formula is C21H35IN4O2. The molecule has 1 aromatic rings. The fraction of sp³-hybridized carbons (Fsp3) is 0.619. The van der Waals surface area contributed by atoms with E-state index in [2.05, 4.69) is 40.0 Å². The van der Waals surface area contributed by atoms with Gasteiger partial charge in [0.1, 0.15) is 5.75 Å². The van der Waals surface area contributed by atoms with E-state index in [0.717, 1.165) is 37.5 Å². The standard InChI is InChI=1S/C21H34N4O2.HI/c1-16(17-8-10-19(27-3)11-9-17)12-14-23-21(22-2)24-15-13-20(26)25-18-6-4-5-7-18;/h8-11,16,18H,4-7,12-15H2,1-3H3,(H,25,26)(H2,22,23,24);1H. The van der Waals surface area contributed by atoms with Crippen molar-refractivity contribution in [2.24, 2.45) is 4.99 Å². The van der Waals surface area contributed by atoms with Gasteiger partial charge in [0.05, 0.1) is 7.11 Å². The SMILES string of the molecule is CN=C(NCCC(=O)NC1CCCC1)NCCC(C)c1ccc(OC)cc1.I. The Morgan fingerprint density at radius 1 is 1.18 bits per heavy atom. The molecule has 1 aliphatic carbocycles. The van der Waals surface area contributed by atoms with Crippen LogP contribution in [0.2, 0.25) is 0 Å². The Labute approximate surface area is 186 Å². The third-order valence-corrected chi connectivity index (χ3v) is 5.14. The van der Waals surface area contributed by atoms with Gasteiger partial charge in [-0.2, -0.15) is 0 Å². The number of hydrogen-bond donors (Lipinski definition) is 3. The summed E-state index contributed by atoms with van der Waals surface area (Å²) in [4.78, 5) is 16.2. The van der Waals surface area contributed by atoms with Gasteiger partial charge in [-0.25, -0.2) is 0 Å². The maximum atomic E-state index is 12.0. The molecule has 0 heterocycles. The first-order valence-electron chi connectivity index (χ1n) is 10.00. The number of rotatable bonds is 9. The molecule has 1 unspecified atom stereocenters. The summed E-state index contributed by atoms with van der Waals surface area (Å²) in [5.41, 5.74) is 1.30. The molecule has 1 amide bonds. The molecule has 6 nitrogen and oxygen atoms in total. The van der Waals surface area contributed by atoms with Gasteiger partial charge >= 0.3 is 0 Å². The van der Waals surface area contributed by atoms with Gasteiger partial charge in [0.25, 0.3) is 0 Å². The minimum absolute atomic E-state index is 0. The second-order valence-corrected chi connectivity index (χ2v) is 7.19. The number of methoxy groups -OCH3 is 1. The van der Waals surface area contributed by atoms with E-state index in [1.165, 1.54) is 18.4 Å². The molecule has 1 atom stereocenters. The van der Waals surface area contributed by atoms with Crippen molar-refractivity contribution in [1.29, 1.82) is 0 Å². The minimum atomic E-state index is 0. The fourth-order valence-corrected chi connectivity index (χ4v) is 3.39. The zero-order valence-electron chi connectivity index (χ0n) is 17.3. The van der Waals surface area contributed by atoms with Crippen molar-refractivity contribution in [2.75, 3.05) is 27.2 Å². The number of guanidine groups is 1. The Kier molecular flexibility index (Phi) is 11.9. The van der Waals surface area contributed by atoms with Crippen molar-refractivity contribution < 1.29 is 9.53 Å². The molecule has 3 N–H and O–H groups in total. The van der Waals surface area contributed by atoms with Crippen LogP contribution in [0.15, 0.2) is 29.3 Å². The summed E-state index contributed by atoms with van der Waals surface area (Å²) in [7, 11) is 3.43. The Balaban J connectivity index is 0.00000392.